The third-order valence-electron chi connectivity index (χ3n) is 3.77. The summed E-state index contributed by atoms with van der Waals surface area (Å²) in [4.78, 5) is 24.1. The summed E-state index contributed by atoms with van der Waals surface area (Å²) in [5.74, 6) is -0.0533. The number of carbonyl (C=O) groups excluding carboxylic acids is 2. The first-order valence-electron chi connectivity index (χ1n) is 7.75. The normalized spacial score (nSPS) is 13.2. The highest BCUT2D eigenvalue weighted by Crippen LogP contribution is 2.32. The van der Waals surface area contributed by atoms with Crippen molar-refractivity contribution in [2.45, 2.75) is 13.0 Å². The fraction of sp³-hybridized carbons (Fsp3) is 0.222. The third-order valence-corrected chi connectivity index (χ3v) is 3.77. The van der Waals surface area contributed by atoms with Gasteiger partial charge in [-0.05, 0) is 42.8 Å². The van der Waals surface area contributed by atoms with Gasteiger partial charge in [-0.3, -0.25) is 9.59 Å². The van der Waals surface area contributed by atoms with Crippen LogP contribution >= 0.6 is 0 Å². The second-order valence-corrected chi connectivity index (χ2v) is 5.59. The molecule has 0 fully saturated rings. The molecule has 1 atom stereocenters. The Morgan fingerprint density at radius 1 is 1.16 bits per heavy atom. The fourth-order valence-electron chi connectivity index (χ4n) is 2.45. The molecule has 0 saturated carbocycles. The topological polar surface area (TPSA) is 76.7 Å². The molecule has 2 amide bonds. The Bertz CT molecular complexity index is 809. The summed E-state index contributed by atoms with van der Waals surface area (Å²) in [6.07, 6.45) is 0. The smallest absolute Gasteiger partial charge is 0.251 e. The monoisotopic (exact) mass is 344 g/mol. The summed E-state index contributed by atoms with van der Waals surface area (Å²) in [6.45, 7) is 1.68. The zero-order valence-electron chi connectivity index (χ0n) is 13.5. The van der Waals surface area contributed by atoms with Gasteiger partial charge in [0.1, 0.15) is 5.82 Å². The highest BCUT2D eigenvalue weighted by Gasteiger charge is 2.17. The molecule has 0 saturated heterocycles. The number of amides is 2. The van der Waals surface area contributed by atoms with E-state index in [1.54, 1.807) is 37.3 Å². The zero-order valence-corrected chi connectivity index (χ0v) is 13.5. The number of ether oxygens (including phenoxy) is 2. The van der Waals surface area contributed by atoms with Gasteiger partial charge in [0.15, 0.2) is 11.5 Å². The number of rotatable bonds is 5. The lowest BCUT2D eigenvalue weighted by atomic mass is 10.1. The molecule has 0 aromatic heterocycles. The van der Waals surface area contributed by atoms with Crippen molar-refractivity contribution in [3.05, 3.63) is 59.4 Å². The number of nitrogens with one attached hydrogen (secondary N) is 2. The first kappa shape index (κ1) is 16.8. The van der Waals surface area contributed by atoms with E-state index in [9.17, 15) is 14.0 Å². The first-order valence-corrected chi connectivity index (χ1v) is 7.75. The van der Waals surface area contributed by atoms with Crippen LogP contribution in [0.4, 0.5) is 4.39 Å². The summed E-state index contributed by atoms with van der Waals surface area (Å²) >= 11 is 0. The predicted molar refractivity (Wildman–Crippen MR) is 87.9 cm³/mol. The number of hydrogen-bond donors (Lipinski definition) is 2. The molecule has 7 heteroatoms. The van der Waals surface area contributed by atoms with E-state index in [0.717, 1.165) is 0 Å². The molecular weight excluding hydrogens is 327 g/mol. The molecule has 0 bridgehead atoms. The van der Waals surface area contributed by atoms with Gasteiger partial charge in [0, 0.05) is 5.56 Å². The van der Waals surface area contributed by atoms with Crippen LogP contribution in [0.15, 0.2) is 42.5 Å². The Morgan fingerprint density at radius 3 is 2.76 bits per heavy atom. The summed E-state index contributed by atoms with van der Waals surface area (Å²) in [6, 6.07) is 10.4. The van der Waals surface area contributed by atoms with Crippen molar-refractivity contribution < 1.29 is 23.5 Å². The summed E-state index contributed by atoms with van der Waals surface area (Å²) in [5.41, 5.74) is 1.02. The second-order valence-electron chi connectivity index (χ2n) is 5.59. The average Bonchev–Trinajstić information content (AvgIpc) is 3.07. The maximum absolute atomic E-state index is 13.2. The Morgan fingerprint density at radius 2 is 1.96 bits per heavy atom. The lowest BCUT2D eigenvalue weighted by molar-refractivity contribution is -0.120. The highest BCUT2D eigenvalue weighted by molar-refractivity contribution is 5.97. The standard InChI is InChI=1S/C18H17FN2O4/c1-11(12-3-2-4-14(19)7-12)21-17(22)9-20-18(23)13-5-6-15-16(8-13)25-10-24-15/h2-8,11H,9-10H2,1H3,(H,20,23)(H,21,22)/t11-/m1/s1. The van der Waals surface area contributed by atoms with Crippen LogP contribution in [0.2, 0.25) is 0 Å². The van der Waals surface area contributed by atoms with Gasteiger partial charge in [0.05, 0.1) is 12.6 Å². The van der Waals surface area contributed by atoms with Gasteiger partial charge in [0.2, 0.25) is 12.7 Å². The molecule has 0 unspecified atom stereocenters. The Hall–Kier alpha value is -3.09. The second kappa shape index (κ2) is 7.21. The number of halogens is 1. The SMILES string of the molecule is C[C@@H](NC(=O)CNC(=O)c1ccc2c(c1)OCO2)c1cccc(F)c1. The minimum absolute atomic E-state index is 0.126. The molecule has 1 aliphatic heterocycles. The molecule has 1 aliphatic rings. The molecule has 130 valence electrons. The molecule has 0 spiro atoms. The molecule has 3 rings (SSSR count). The van der Waals surface area contributed by atoms with Crippen LogP contribution in [-0.4, -0.2) is 25.2 Å². The van der Waals surface area contributed by atoms with Crippen molar-refractivity contribution in [3.8, 4) is 11.5 Å². The van der Waals surface area contributed by atoms with E-state index in [2.05, 4.69) is 10.6 Å². The van der Waals surface area contributed by atoms with E-state index in [1.807, 2.05) is 0 Å². The maximum Gasteiger partial charge on any atom is 0.251 e. The van der Waals surface area contributed by atoms with E-state index in [1.165, 1.54) is 12.1 Å². The van der Waals surface area contributed by atoms with Crippen LogP contribution in [0.3, 0.4) is 0 Å². The maximum atomic E-state index is 13.2. The first-order chi connectivity index (χ1) is 12.0. The van der Waals surface area contributed by atoms with Gasteiger partial charge in [0.25, 0.3) is 5.91 Å². The molecule has 0 radical (unpaired) electrons. The van der Waals surface area contributed by atoms with Gasteiger partial charge in [-0.1, -0.05) is 12.1 Å². The van der Waals surface area contributed by atoms with Crippen LogP contribution in [-0.2, 0) is 4.79 Å². The number of fused-ring (bicyclic) bond motifs is 1. The summed E-state index contributed by atoms with van der Waals surface area (Å²) in [7, 11) is 0. The largest absolute Gasteiger partial charge is 0.454 e. The summed E-state index contributed by atoms with van der Waals surface area (Å²) < 4.78 is 23.6. The van der Waals surface area contributed by atoms with Gasteiger partial charge in [-0.25, -0.2) is 4.39 Å². The van der Waals surface area contributed by atoms with Crippen LogP contribution in [0.25, 0.3) is 0 Å². The van der Waals surface area contributed by atoms with Crippen molar-refractivity contribution in [1.29, 1.82) is 0 Å². The lowest BCUT2D eigenvalue weighted by Gasteiger charge is -2.14. The van der Waals surface area contributed by atoms with Crippen molar-refractivity contribution in [2.24, 2.45) is 0 Å². The molecular formula is C18H17FN2O4. The lowest BCUT2D eigenvalue weighted by Crippen LogP contribution is -2.38. The summed E-state index contributed by atoms with van der Waals surface area (Å²) in [5, 5.41) is 5.24. The predicted octanol–water partition coefficient (Wildman–Crippen LogP) is 2.16. The zero-order chi connectivity index (χ0) is 17.8. The van der Waals surface area contributed by atoms with Crippen LogP contribution in [0.1, 0.15) is 28.9 Å². The molecule has 2 aromatic carbocycles. The minimum atomic E-state index is -0.396. The van der Waals surface area contributed by atoms with E-state index >= 15 is 0 Å². The van der Waals surface area contributed by atoms with E-state index in [-0.39, 0.29) is 31.1 Å². The Balaban J connectivity index is 1.52. The molecule has 2 N–H and O–H groups in total. The van der Waals surface area contributed by atoms with Gasteiger partial charge < -0.3 is 20.1 Å². The van der Waals surface area contributed by atoms with E-state index < -0.39 is 5.91 Å². The van der Waals surface area contributed by atoms with Crippen molar-refractivity contribution in [1.82, 2.24) is 10.6 Å². The molecule has 1 heterocycles. The molecule has 6 nitrogen and oxygen atoms in total. The highest BCUT2D eigenvalue weighted by atomic mass is 19.1. The van der Waals surface area contributed by atoms with Gasteiger partial charge in [-0.2, -0.15) is 0 Å². The quantitative estimate of drug-likeness (QED) is 0.871. The van der Waals surface area contributed by atoms with Crippen LogP contribution < -0.4 is 20.1 Å². The van der Waals surface area contributed by atoms with Gasteiger partial charge in [-0.15, -0.1) is 0 Å². The van der Waals surface area contributed by atoms with E-state index in [4.69, 9.17) is 9.47 Å². The Kier molecular flexibility index (Phi) is 4.83. The third kappa shape index (κ3) is 4.06. The Labute approximate surface area is 143 Å². The van der Waals surface area contributed by atoms with E-state index in [0.29, 0.717) is 22.6 Å². The number of hydrogen-bond acceptors (Lipinski definition) is 4. The number of benzene rings is 2. The average molecular weight is 344 g/mol. The molecule has 2 aromatic rings. The van der Waals surface area contributed by atoms with Crippen LogP contribution in [0, 0.1) is 5.82 Å². The van der Waals surface area contributed by atoms with Crippen molar-refractivity contribution in [3.63, 3.8) is 0 Å². The minimum Gasteiger partial charge on any atom is -0.454 e. The molecule has 25 heavy (non-hydrogen) atoms. The van der Waals surface area contributed by atoms with Gasteiger partial charge >= 0.3 is 0 Å². The van der Waals surface area contributed by atoms with Crippen LogP contribution in [0.5, 0.6) is 11.5 Å². The van der Waals surface area contributed by atoms with Crippen molar-refractivity contribution in [2.75, 3.05) is 13.3 Å². The number of carbonyl (C=O) groups is 2. The fourth-order valence-corrected chi connectivity index (χ4v) is 2.45. The van der Waals surface area contributed by atoms with Crippen molar-refractivity contribution >= 4 is 11.8 Å². The molecule has 0 aliphatic carbocycles.